The average molecular weight is 557 g/mol. The van der Waals surface area contributed by atoms with Gasteiger partial charge in [-0.2, -0.15) is 0 Å². The Morgan fingerprint density at radius 3 is 1.87 bits per heavy atom. The number of ether oxygens (including phenoxy) is 6. The Balaban J connectivity index is 2.91. The first-order chi connectivity index (χ1) is 18.3. The SMILES string of the molecule is CC(=O)OC[C@H]1OC(OCC=C(C)CCCC(C)CCCC(C)C)[C@H](OC(C)=O)[C@@H](OC(C)=O)[C@@H]1OC(C)=O. The fourth-order valence-electron chi connectivity index (χ4n) is 4.46. The van der Waals surface area contributed by atoms with Crippen molar-refractivity contribution in [3.05, 3.63) is 11.6 Å². The summed E-state index contributed by atoms with van der Waals surface area (Å²) in [6.07, 6.45) is 3.00. The van der Waals surface area contributed by atoms with Crippen molar-refractivity contribution in [1.29, 1.82) is 0 Å². The molecular formula is C29H48O10. The van der Waals surface area contributed by atoms with Crippen molar-refractivity contribution in [3.8, 4) is 0 Å². The minimum atomic E-state index is -1.24. The van der Waals surface area contributed by atoms with Crippen molar-refractivity contribution in [2.75, 3.05) is 13.2 Å². The molecule has 0 aromatic heterocycles. The molecule has 1 aliphatic rings. The van der Waals surface area contributed by atoms with Gasteiger partial charge in [-0.15, -0.1) is 0 Å². The van der Waals surface area contributed by atoms with Gasteiger partial charge in [0, 0.05) is 27.7 Å². The van der Waals surface area contributed by atoms with Crippen molar-refractivity contribution in [1.82, 2.24) is 0 Å². The highest BCUT2D eigenvalue weighted by Gasteiger charge is 2.52. The minimum Gasteiger partial charge on any atom is -0.463 e. The Labute approximate surface area is 233 Å². The van der Waals surface area contributed by atoms with Gasteiger partial charge in [-0.1, -0.05) is 58.1 Å². The quantitative estimate of drug-likeness (QED) is 0.151. The van der Waals surface area contributed by atoms with Gasteiger partial charge in [0.05, 0.1) is 6.61 Å². The van der Waals surface area contributed by atoms with Gasteiger partial charge >= 0.3 is 23.9 Å². The molecule has 0 aromatic rings. The highest BCUT2D eigenvalue weighted by molar-refractivity contribution is 5.68. The van der Waals surface area contributed by atoms with E-state index in [-0.39, 0.29) is 13.2 Å². The maximum atomic E-state index is 11.9. The predicted molar refractivity (Wildman–Crippen MR) is 143 cm³/mol. The summed E-state index contributed by atoms with van der Waals surface area (Å²) in [5.74, 6) is -1.17. The first-order valence-corrected chi connectivity index (χ1v) is 13.9. The molecule has 1 rings (SSSR count). The third-order valence-corrected chi connectivity index (χ3v) is 6.39. The molecular weight excluding hydrogens is 508 g/mol. The van der Waals surface area contributed by atoms with Crippen LogP contribution in [0.2, 0.25) is 0 Å². The molecule has 1 saturated heterocycles. The van der Waals surface area contributed by atoms with E-state index in [9.17, 15) is 19.2 Å². The summed E-state index contributed by atoms with van der Waals surface area (Å²) in [6, 6.07) is 0. The van der Waals surface area contributed by atoms with Crippen molar-refractivity contribution in [2.24, 2.45) is 11.8 Å². The summed E-state index contributed by atoms with van der Waals surface area (Å²) in [4.78, 5) is 47.1. The third kappa shape index (κ3) is 14.5. The van der Waals surface area contributed by atoms with Crippen molar-refractivity contribution >= 4 is 23.9 Å². The molecule has 1 heterocycles. The fraction of sp³-hybridized carbons (Fsp3) is 0.793. The number of carbonyl (C=O) groups excluding carboxylic acids is 4. The largest absolute Gasteiger partial charge is 0.463 e. The van der Waals surface area contributed by atoms with E-state index in [1.165, 1.54) is 47.0 Å². The molecule has 0 aliphatic carbocycles. The first kappa shape index (κ1) is 34.6. The van der Waals surface area contributed by atoms with Crippen LogP contribution < -0.4 is 0 Å². The van der Waals surface area contributed by atoms with E-state index in [1.54, 1.807) is 0 Å². The monoisotopic (exact) mass is 556 g/mol. The molecule has 0 spiro atoms. The smallest absolute Gasteiger partial charge is 0.303 e. The van der Waals surface area contributed by atoms with Gasteiger partial charge in [-0.3, -0.25) is 19.2 Å². The summed E-state index contributed by atoms with van der Waals surface area (Å²) in [5.41, 5.74) is 1.15. The number of esters is 4. The zero-order valence-corrected chi connectivity index (χ0v) is 24.9. The predicted octanol–water partition coefficient (Wildman–Crippen LogP) is 4.67. The summed E-state index contributed by atoms with van der Waals surface area (Å²) in [6.45, 7) is 13.5. The number of allylic oxidation sites excluding steroid dienone is 1. The van der Waals surface area contributed by atoms with E-state index < -0.39 is 54.6 Å². The molecule has 0 N–H and O–H groups in total. The summed E-state index contributed by atoms with van der Waals surface area (Å²) >= 11 is 0. The zero-order valence-electron chi connectivity index (χ0n) is 24.9. The van der Waals surface area contributed by atoms with Crippen LogP contribution in [0.3, 0.4) is 0 Å². The summed E-state index contributed by atoms with van der Waals surface area (Å²) < 4.78 is 33.2. The molecule has 0 bridgehead atoms. The Morgan fingerprint density at radius 2 is 1.31 bits per heavy atom. The van der Waals surface area contributed by atoms with Gasteiger partial charge in [0.1, 0.15) is 12.7 Å². The lowest BCUT2D eigenvalue weighted by atomic mass is 9.94. The molecule has 1 fully saturated rings. The Morgan fingerprint density at radius 1 is 0.744 bits per heavy atom. The van der Waals surface area contributed by atoms with Gasteiger partial charge in [0.2, 0.25) is 0 Å². The van der Waals surface area contributed by atoms with Gasteiger partial charge in [-0.25, -0.2) is 0 Å². The van der Waals surface area contributed by atoms with Crippen molar-refractivity contribution < 1.29 is 47.6 Å². The van der Waals surface area contributed by atoms with E-state index in [4.69, 9.17) is 28.4 Å². The van der Waals surface area contributed by atoms with Crippen LogP contribution in [-0.2, 0) is 47.6 Å². The van der Waals surface area contributed by atoms with E-state index in [0.29, 0.717) is 5.92 Å². The molecule has 39 heavy (non-hydrogen) atoms. The Kier molecular flexibility index (Phi) is 16.0. The molecule has 0 aromatic carbocycles. The standard InChI is InChI=1S/C29H48O10/c1-18(2)11-9-12-19(3)13-10-14-20(4)15-16-34-29-28(38-24(8)33)27(37-23(7)32)26(36-22(6)31)25(39-29)17-35-21(5)30/h15,18-19,25-29H,9-14,16-17H2,1-8H3/t19?,25-,26-,27+,28-,29?/m1/s1. The second-order valence-electron chi connectivity index (χ2n) is 10.8. The first-order valence-electron chi connectivity index (χ1n) is 13.9. The lowest BCUT2D eigenvalue weighted by Crippen LogP contribution is -2.62. The Bertz CT molecular complexity index is 821. The maximum absolute atomic E-state index is 11.9. The summed E-state index contributed by atoms with van der Waals surface area (Å²) in [7, 11) is 0. The fourth-order valence-corrected chi connectivity index (χ4v) is 4.46. The van der Waals surface area contributed by atoms with Crippen LogP contribution in [0.4, 0.5) is 0 Å². The van der Waals surface area contributed by atoms with Crippen LogP contribution in [-0.4, -0.2) is 67.8 Å². The third-order valence-electron chi connectivity index (χ3n) is 6.39. The molecule has 224 valence electrons. The van der Waals surface area contributed by atoms with E-state index in [1.807, 2.05) is 13.0 Å². The van der Waals surface area contributed by atoms with Crippen molar-refractivity contribution in [3.63, 3.8) is 0 Å². The highest BCUT2D eigenvalue weighted by Crippen LogP contribution is 2.30. The van der Waals surface area contributed by atoms with E-state index >= 15 is 0 Å². The number of carbonyl (C=O) groups is 4. The second-order valence-corrected chi connectivity index (χ2v) is 10.8. The van der Waals surface area contributed by atoms with Crippen LogP contribution in [0.1, 0.15) is 93.9 Å². The average Bonchev–Trinajstić information content (AvgIpc) is 2.80. The topological polar surface area (TPSA) is 124 Å². The van der Waals surface area contributed by atoms with Crippen LogP contribution in [0.15, 0.2) is 11.6 Å². The van der Waals surface area contributed by atoms with E-state index in [2.05, 4.69) is 20.8 Å². The molecule has 0 radical (unpaired) electrons. The van der Waals surface area contributed by atoms with Gasteiger partial charge in [0.25, 0.3) is 0 Å². The number of hydrogen-bond donors (Lipinski definition) is 0. The number of rotatable bonds is 16. The normalized spacial score (nSPS) is 24.1. The summed E-state index contributed by atoms with van der Waals surface area (Å²) in [5, 5.41) is 0. The van der Waals surface area contributed by atoms with E-state index in [0.717, 1.165) is 30.8 Å². The van der Waals surface area contributed by atoms with Crippen LogP contribution in [0.25, 0.3) is 0 Å². The van der Waals surface area contributed by atoms with Crippen LogP contribution >= 0.6 is 0 Å². The maximum Gasteiger partial charge on any atom is 0.303 e. The van der Waals surface area contributed by atoms with Gasteiger partial charge in [0.15, 0.2) is 24.6 Å². The van der Waals surface area contributed by atoms with Crippen molar-refractivity contribution in [2.45, 2.75) is 125 Å². The highest BCUT2D eigenvalue weighted by atomic mass is 16.7. The van der Waals surface area contributed by atoms with Gasteiger partial charge < -0.3 is 28.4 Å². The molecule has 2 unspecified atom stereocenters. The minimum absolute atomic E-state index is 0.142. The Hall–Kier alpha value is -2.46. The second kappa shape index (κ2) is 18.0. The van der Waals surface area contributed by atoms with Crippen LogP contribution in [0, 0.1) is 11.8 Å². The molecule has 6 atom stereocenters. The molecule has 10 heteroatoms. The lowest BCUT2D eigenvalue weighted by molar-refractivity contribution is -0.306. The molecule has 1 aliphatic heterocycles. The number of hydrogen-bond acceptors (Lipinski definition) is 10. The lowest BCUT2D eigenvalue weighted by Gasteiger charge is -2.43. The van der Waals surface area contributed by atoms with Crippen LogP contribution in [0.5, 0.6) is 0 Å². The molecule has 0 saturated carbocycles. The molecule has 0 amide bonds. The zero-order chi connectivity index (χ0) is 29.5. The van der Waals surface area contributed by atoms with Gasteiger partial charge in [-0.05, 0) is 31.6 Å². The molecule has 10 nitrogen and oxygen atoms in total.